The number of ether oxygens (including phenoxy) is 2. The SMILES string of the molecule is COc1cc(Cl)cc(-c2cc(OC)c(-n3c(=O)ccc4cc(S(=O)(=O)Nc5ccon5)ccc43)cc2F)c1. The third kappa shape index (κ3) is 4.69. The lowest BCUT2D eigenvalue weighted by molar-refractivity contribution is 0.411. The molecule has 0 fully saturated rings. The van der Waals surface area contributed by atoms with Crippen LogP contribution in [0.1, 0.15) is 0 Å². The van der Waals surface area contributed by atoms with Crippen LogP contribution in [0.25, 0.3) is 27.7 Å². The smallest absolute Gasteiger partial charge is 0.263 e. The van der Waals surface area contributed by atoms with Gasteiger partial charge in [-0.25, -0.2) is 12.8 Å². The molecule has 0 amide bonds. The first kappa shape index (κ1) is 25.3. The highest BCUT2D eigenvalue weighted by molar-refractivity contribution is 7.92. The molecule has 1 N–H and O–H groups in total. The summed E-state index contributed by atoms with van der Waals surface area (Å²) >= 11 is 6.17. The van der Waals surface area contributed by atoms with Crippen molar-refractivity contribution in [3.63, 3.8) is 0 Å². The zero-order valence-corrected chi connectivity index (χ0v) is 21.5. The van der Waals surface area contributed by atoms with Crippen molar-refractivity contribution in [3.8, 4) is 28.3 Å². The van der Waals surface area contributed by atoms with Gasteiger partial charge in [0.15, 0.2) is 5.82 Å². The Bertz CT molecular complexity index is 1840. The molecule has 0 radical (unpaired) electrons. The van der Waals surface area contributed by atoms with Gasteiger partial charge in [0.25, 0.3) is 15.6 Å². The fourth-order valence-electron chi connectivity index (χ4n) is 4.04. The van der Waals surface area contributed by atoms with Crippen molar-refractivity contribution >= 4 is 38.3 Å². The molecule has 0 aliphatic rings. The Morgan fingerprint density at radius 3 is 2.53 bits per heavy atom. The van der Waals surface area contributed by atoms with Crippen molar-refractivity contribution in [2.45, 2.75) is 4.90 Å². The number of aromatic nitrogens is 2. The normalized spacial score (nSPS) is 11.5. The third-order valence-electron chi connectivity index (χ3n) is 5.78. The van der Waals surface area contributed by atoms with E-state index in [4.69, 9.17) is 21.1 Å². The van der Waals surface area contributed by atoms with Gasteiger partial charge in [-0.1, -0.05) is 16.8 Å². The van der Waals surface area contributed by atoms with Crippen molar-refractivity contribution in [2.75, 3.05) is 18.9 Å². The summed E-state index contributed by atoms with van der Waals surface area (Å²) in [5, 5.41) is 4.32. The van der Waals surface area contributed by atoms with E-state index in [1.165, 1.54) is 73.6 Å². The number of pyridine rings is 1. The van der Waals surface area contributed by atoms with E-state index in [2.05, 4.69) is 14.4 Å². The molecule has 5 aromatic rings. The molecule has 0 atom stereocenters. The Balaban J connectivity index is 1.64. The first-order chi connectivity index (χ1) is 18.2. The van der Waals surface area contributed by atoms with Gasteiger partial charge in [-0.15, -0.1) is 0 Å². The topological polar surface area (TPSA) is 113 Å². The Kier molecular flexibility index (Phi) is 6.55. The van der Waals surface area contributed by atoms with Crippen molar-refractivity contribution in [3.05, 3.63) is 94.2 Å². The highest BCUT2D eigenvalue weighted by Crippen LogP contribution is 2.36. The monoisotopic (exact) mass is 555 g/mol. The van der Waals surface area contributed by atoms with Gasteiger partial charge in [0.2, 0.25) is 0 Å². The summed E-state index contributed by atoms with van der Waals surface area (Å²) in [6, 6.07) is 15.7. The van der Waals surface area contributed by atoms with Gasteiger partial charge < -0.3 is 14.0 Å². The molecule has 38 heavy (non-hydrogen) atoms. The zero-order valence-electron chi connectivity index (χ0n) is 19.9. The minimum Gasteiger partial charge on any atom is -0.497 e. The maximum absolute atomic E-state index is 15.5. The quantitative estimate of drug-likeness (QED) is 0.291. The molecule has 0 aliphatic carbocycles. The van der Waals surface area contributed by atoms with Crippen LogP contribution in [0.5, 0.6) is 11.5 Å². The maximum Gasteiger partial charge on any atom is 0.263 e. The van der Waals surface area contributed by atoms with Crippen LogP contribution in [0.3, 0.4) is 0 Å². The zero-order chi connectivity index (χ0) is 27.0. The Morgan fingerprint density at radius 1 is 1.00 bits per heavy atom. The van der Waals surface area contributed by atoms with E-state index in [1.807, 2.05) is 0 Å². The summed E-state index contributed by atoms with van der Waals surface area (Å²) < 4.78 is 60.1. The first-order valence-electron chi connectivity index (χ1n) is 11.0. The van der Waals surface area contributed by atoms with Crippen molar-refractivity contribution < 1.29 is 26.8 Å². The molecule has 3 aromatic carbocycles. The molecule has 0 saturated heterocycles. The summed E-state index contributed by atoms with van der Waals surface area (Å²) in [7, 11) is -1.12. The van der Waals surface area contributed by atoms with E-state index in [9.17, 15) is 13.2 Å². The fraction of sp³-hybridized carbons (Fsp3) is 0.0769. The number of fused-ring (bicyclic) bond motifs is 1. The number of benzene rings is 3. The molecule has 2 aromatic heterocycles. The van der Waals surface area contributed by atoms with Crippen LogP contribution in [-0.4, -0.2) is 32.4 Å². The van der Waals surface area contributed by atoms with Gasteiger partial charge in [-0.2, -0.15) is 0 Å². The van der Waals surface area contributed by atoms with Crippen LogP contribution in [0.2, 0.25) is 5.02 Å². The molecule has 0 bridgehead atoms. The van der Waals surface area contributed by atoms with E-state index in [1.54, 1.807) is 18.2 Å². The van der Waals surface area contributed by atoms with Gasteiger partial charge >= 0.3 is 0 Å². The molecule has 0 unspecified atom stereocenters. The number of anilines is 1. The molecule has 5 rings (SSSR count). The van der Waals surface area contributed by atoms with Crippen LogP contribution in [0.4, 0.5) is 10.2 Å². The van der Waals surface area contributed by atoms with E-state index in [0.29, 0.717) is 27.2 Å². The minimum atomic E-state index is -3.99. The Labute approximate surface area is 221 Å². The molecule has 194 valence electrons. The average Bonchev–Trinajstić information content (AvgIpc) is 3.40. The second-order valence-electron chi connectivity index (χ2n) is 8.10. The summed E-state index contributed by atoms with van der Waals surface area (Å²) in [6.45, 7) is 0. The van der Waals surface area contributed by atoms with Gasteiger partial charge in [0, 0.05) is 34.2 Å². The summed E-state index contributed by atoms with van der Waals surface area (Å²) in [5.41, 5.74) is 0.648. The van der Waals surface area contributed by atoms with Crippen LogP contribution in [0.15, 0.2) is 87.2 Å². The summed E-state index contributed by atoms with van der Waals surface area (Å²) in [5.74, 6) is 0.0427. The standard InChI is InChI=1S/C26H19ClFN3O6S/c1-35-18-10-16(9-17(27)12-18)20-13-24(36-2)23(14-21(20)28)31-22-5-4-19(11-15(22)3-6-26(31)32)38(33,34)30-25-7-8-37-29-25/h3-14H,1-2H3,(H,29,30). The van der Waals surface area contributed by atoms with Crippen molar-refractivity contribution in [1.29, 1.82) is 0 Å². The number of nitrogens with zero attached hydrogens (tertiary/aromatic N) is 2. The molecule has 2 heterocycles. The number of halogens is 2. The highest BCUT2D eigenvalue weighted by Gasteiger charge is 2.20. The number of hydrogen-bond donors (Lipinski definition) is 1. The molecule has 12 heteroatoms. The number of rotatable bonds is 7. The predicted octanol–water partition coefficient (Wildman–Crippen LogP) is 5.26. The summed E-state index contributed by atoms with van der Waals surface area (Å²) in [6.07, 6.45) is 1.23. The van der Waals surface area contributed by atoms with Crippen molar-refractivity contribution in [1.82, 2.24) is 9.72 Å². The van der Waals surface area contributed by atoms with Gasteiger partial charge in [0.1, 0.15) is 23.6 Å². The number of nitrogens with one attached hydrogen (secondary N) is 1. The second kappa shape index (κ2) is 9.84. The molecule has 0 aliphatic heterocycles. The first-order valence-corrected chi connectivity index (χ1v) is 12.9. The van der Waals surface area contributed by atoms with E-state index >= 15 is 4.39 Å². The van der Waals surface area contributed by atoms with Crippen LogP contribution < -0.4 is 19.8 Å². The van der Waals surface area contributed by atoms with Crippen LogP contribution in [0, 0.1) is 5.82 Å². The maximum atomic E-state index is 15.5. The Morgan fingerprint density at radius 2 is 1.82 bits per heavy atom. The van der Waals surface area contributed by atoms with E-state index in [0.717, 1.165) is 0 Å². The number of sulfonamides is 1. The van der Waals surface area contributed by atoms with E-state index in [-0.39, 0.29) is 27.7 Å². The molecular weight excluding hydrogens is 537 g/mol. The lowest BCUT2D eigenvalue weighted by Gasteiger charge is -2.17. The average molecular weight is 556 g/mol. The molecule has 9 nitrogen and oxygen atoms in total. The second-order valence-corrected chi connectivity index (χ2v) is 10.2. The van der Waals surface area contributed by atoms with Gasteiger partial charge in [-0.05, 0) is 54.1 Å². The summed E-state index contributed by atoms with van der Waals surface area (Å²) in [4.78, 5) is 12.9. The molecule has 0 spiro atoms. The lowest BCUT2D eigenvalue weighted by atomic mass is 10.0. The van der Waals surface area contributed by atoms with Gasteiger partial charge in [0.05, 0.1) is 30.3 Å². The predicted molar refractivity (Wildman–Crippen MR) is 140 cm³/mol. The van der Waals surface area contributed by atoms with Crippen LogP contribution >= 0.6 is 11.6 Å². The van der Waals surface area contributed by atoms with E-state index < -0.39 is 21.4 Å². The van der Waals surface area contributed by atoms with Crippen LogP contribution in [-0.2, 0) is 10.0 Å². The fourth-order valence-corrected chi connectivity index (χ4v) is 5.29. The number of hydrogen-bond acceptors (Lipinski definition) is 7. The number of methoxy groups -OCH3 is 2. The molecular formula is C26H19ClFN3O6S. The minimum absolute atomic E-state index is 0.0210. The van der Waals surface area contributed by atoms with Crippen molar-refractivity contribution in [2.24, 2.45) is 0 Å². The largest absolute Gasteiger partial charge is 0.497 e. The lowest BCUT2D eigenvalue weighted by Crippen LogP contribution is -2.19. The van der Waals surface area contributed by atoms with Gasteiger partial charge in [-0.3, -0.25) is 14.1 Å². The third-order valence-corrected chi connectivity index (χ3v) is 7.35. The highest BCUT2D eigenvalue weighted by atomic mass is 35.5. The Hall–Kier alpha value is -4.35. The molecule has 0 saturated carbocycles.